The molecule has 0 saturated carbocycles. The van der Waals surface area contributed by atoms with Gasteiger partial charge in [-0.2, -0.15) is 0 Å². The smallest absolute Gasteiger partial charge is 0.348 e. The maximum atomic E-state index is 12.6. The Hall–Kier alpha value is -2.14. The zero-order valence-electron chi connectivity index (χ0n) is 18.9. The Morgan fingerprint density at radius 3 is 2.55 bits per heavy atom. The van der Waals surface area contributed by atoms with Gasteiger partial charge >= 0.3 is 5.97 Å². The van der Waals surface area contributed by atoms with Crippen LogP contribution in [0, 0.1) is 0 Å². The number of carbonyl (C=O) groups is 2. The SMILES string of the molecule is CCCCCCCc1ccc(N2C(=O)CCC2CCCc2ccc(C(=O)OC)s2)cc1. The van der Waals surface area contributed by atoms with Crippen molar-refractivity contribution in [3.63, 3.8) is 0 Å². The molecule has 1 atom stereocenters. The summed E-state index contributed by atoms with van der Waals surface area (Å²) >= 11 is 1.50. The summed E-state index contributed by atoms with van der Waals surface area (Å²) in [6, 6.07) is 12.7. The summed E-state index contributed by atoms with van der Waals surface area (Å²) in [5.41, 5.74) is 2.40. The number of methoxy groups -OCH3 is 1. The number of benzene rings is 1. The normalized spacial score (nSPS) is 16.1. The second kappa shape index (κ2) is 12.0. The Morgan fingerprint density at radius 2 is 1.81 bits per heavy atom. The molecule has 1 saturated heterocycles. The van der Waals surface area contributed by atoms with Gasteiger partial charge in [-0.05, 0) is 68.4 Å². The van der Waals surface area contributed by atoms with Crippen molar-refractivity contribution in [2.45, 2.75) is 83.6 Å². The van der Waals surface area contributed by atoms with Gasteiger partial charge in [-0.3, -0.25) is 4.79 Å². The fourth-order valence-electron chi connectivity index (χ4n) is 4.36. The molecule has 5 heteroatoms. The first-order valence-corrected chi connectivity index (χ1v) is 12.5. The van der Waals surface area contributed by atoms with Gasteiger partial charge in [-0.15, -0.1) is 11.3 Å². The lowest BCUT2D eigenvalue weighted by Crippen LogP contribution is -2.32. The number of carbonyl (C=O) groups excluding carboxylic acids is 2. The second-order valence-corrected chi connectivity index (χ2v) is 9.60. The van der Waals surface area contributed by atoms with E-state index in [1.54, 1.807) is 0 Å². The van der Waals surface area contributed by atoms with E-state index in [-0.39, 0.29) is 17.9 Å². The Balaban J connectivity index is 1.50. The van der Waals surface area contributed by atoms with Gasteiger partial charge in [-0.25, -0.2) is 4.79 Å². The Labute approximate surface area is 190 Å². The van der Waals surface area contributed by atoms with E-state index < -0.39 is 0 Å². The van der Waals surface area contributed by atoms with Crippen molar-refractivity contribution in [1.82, 2.24) is 0 Å². The summed E-state index contributed by atoms with van der Waals surface area (Å²) < 4.78 is 4.78. The number of nitrogens with zero attached hydrogens (tertiary/aromatic N) is 1. The molecule has 1 amide bonds. The molecular formula is C26H35NO3S. The Morgan fingerprint density at radius 1 is 1.03 bits per heavy atom. The molecule has 1 fully saturated rings. The molecule has 0 bridgehead atoms. The number of unbranched alkanes of at least 4 members (excludes halogenated alkanes) is 4. The predicted molar refractivity (Wildman–Crippen MR) is 128 cm³/mol. The highest BCUT2D eigenvalue weighted by Gasteiger charge is 2.31. The van der Waals surface area contributed by atoms with E-state index in [4.69, 9.17) is 4.74 Å². The lowest BCUT2D eigenvalue weighted by Gasteiger charge is -2.25. The molecule has 3 rings (SSSR count). The Kier molecular flexibility index (Phi) is 9.13. The molecule has 31 heavy (non-hydrogen) atoms. The van der Waals surface area contributed by atoms with E-state index in [9.17, 15) is 9.59 Å². The maximum Gasteiger partial charge on any atom is 0.348 e. The molecule has 0 aliphatic carbocycles. The summed E-state index contributed by atoms with van der Waals surface area (Å²) in [5.74, 6) is -0.0327. The molecule has 1 aromatic carbocycles. The highest BCUT2D eigenvalue weighted by Crippen LogP contribution is 2.30. The number of thiophene rings is 1. The number of anilines is 1. The maximum absolute atomic E-state index is 12.6. The van der Waals surface area contributed by atoms with Crippen molar-refractivity contribution in [1.29, 1.82) is 0 Å². The first kappa shape index (κ1) is 23.5. The van der Waals surface area contributed by atoms with E-state index in [0.717, 1.165) is 37.8 Å². The molecule has 168 valence electrons. The number of rotatable bonds is 12. The second-order valence-electron chi connectivity index (χ2n) is 8.44. The van der Waals surface area contributed by atoms with E-state index in [1.165, 1.54) is 61.0 Å². The van der Waals surface area contributed by atoms with Gasteiger partial charge in [0.05, 0.1) is 7.11 Å². The lowest BCUT2D eigenvalue weighted by atomic mass is 10.0. The molecular weight excluding hydrogens is 406 g/mol. The fourth-order valence-corrected chi connectivity index (χ4v) is 5.33. The predicted octanol–water partition coefficient (Wildman–Crippen LogP) is 6.57. The molecule has 1 aliphatic heterocycles. The molecule has 2 aromatic rings. The minimum absolute atomic E-state index is 0.237. The zero-order chi connectivity index (χ0) is 22.1. The highest BCUT2D eigenvalue weighted by molar-refractivity contribution is 7.13. The van der Waals surface area contributed by atoms with Crippen molar-refractivity contribution in [3.05, 3.63) is 51.7 Å². The van der Waals surface area contributed by atoms with Crippen LogP contribution in [0.15, 0.2) is 36.4 Å². The molecule has 1 aliphatic rings. The minimum atomic E-state index is -0.270. The van der Waals surface area contributed by atoms with E-state index in [2.05, 4.69) is 31.2 Å². The third-order valence-electron chi connectivity index (χ3n) is 6.12. The van der Waals surface area contributed by atoms with Gasteiger partial charge < -0.3 is 9.64 Å². The number of aryl methyl sites for hydroxylation is 2. The van der Waals surface area contributed by atoms with Crippen LogP contribution in [0.2, 0.25) is 0 Å². The van der Waals surface area contributed by atoms with Gasteiger partial charge in [0.15, 0.2) is 0 Å². The summed E-state index contributed by atoms with van der Waals surface area (Å²) in [7, 11) is 1.41. The largest absolute Gasteiger partial charge is 0.465 e. The number of hydrogen-bond donors (Lipinski definition) is 0. The van der Waals surface area contributed by atoms with Gasteiger partial charge in [0, 0.05) is 23.0 Å². The van der Waals surface area contributed by atoms with E-state index in [1.807, 2.05) is 17.0 Å². The third kappa shape index (κ3) is 6.67. The van der Waals surface area contributed by atoms with Crippen molar-refractivity contribution >= 4 is 28.9 Å². The summed E-state index contributed by atoms with van der Waals surface area (Å²) in [4.78, 5) is 28.0. The monoisotopic (exact) mass is 441 g/mol. The molecule has 1 aromatic heterocycles. The van der Waals surface area contributed by atoms with Crippen LogP contribution in [0.5, 0.6) is 0 Å². The van der Waals surface area contributed by atoms with Crippen LogP contribution in [-0.2, 0) is 22.4 Å². The van der Waals surface area contributed by atoms with Crippen LogP contribution in [0.3, 0.4) is 0 Å². The number of ether oxygens (including phenoxy) is 1. The van der Waals surface area contributed by atoms with Crippen molar-refractivity contribution < 1.29 is 14.3 Å². The molecule has 0 N–H and O–H groups in total. The standard InChI is InChI=1S/C26H35NO3S/c1-3-4-5-6-7-9-20-12-14-22(15-13-20)27-21(16-19-25(27)28)10-8-11-23-17-18-24(31-23)26(29)30-2/h12-15,17-18,21H,3-11,16,19H2,1-2H3. The van der Waals surface area contributed by atoms with Gasteiger partial charge in [0.2, 0.25) is 5.91 Å². The fraction of sp³-hybridized carbons (Fsp3) is 0.538. The third-order valence-corrected chi connectivity index (χ3v) is 7.24. The quantitative estimate of drug-likeness (QED) is 0.276. The first-order chi connectivity index (χ1) is 15.1. The van der Waals surface area contributed by atoms with Crippen molar-refractivity contribution in [3.8, 4) is 0 Å². The summed E-state index contributed by atoms with van der Waals surface area (Å²) in [6.45, 7) is 2.24. The van der Waals surface area contributed by atoms with E-state index in [0.29, 0.717) is 11.3 Å². The average molecular weight is 442 g/mol. The van der Waals surface area contributed by atoms with Crippen molar-refractivity contribution in [2.24, 2.45) is 0 Å². The molecule has 1 unspecified atom stereocenters. The molecule has 4 nitrogen and oxygen atoms in total. The molecule has 0 radical (unpaired) electrons. The van der Waals surface area contributed by atoms with Crippen molar-refractivity contribution in [2.75, 3.05) is 12.0 Å². The van der Waals surface area contributed by atoms with Crippen LogP contribution < -0.4 is 4.90 Å². The molecule has 2 heterocycles. The average Bonchev–Trinajstić information content (AvgIpc) is 3.40. The van der Waals surface area contributed by atoms with Crippen LogP contribution in [0.25, 0.3) is 0 Å². The van der Waals surface area contributed by atoms with Gasteiger partial charge in [0.25, 0.3) is 0 Å². The zero-order valence-corrected chi connectivity index (χ0v) is 19.7. The Bertz CT molecular complexity index is 843. The topological polar surface area (TPSA) is 46.6 Å². The van der Waals surface area contributed by atoms with Crippen LogP contribution >= 0.6 is 11.3 Å². The number of esters is 1. The number of amides is 1. The molecule has 0 spiro atoms. The van der Waals surface area contributed by atoms with Gasteiger partial charge in [0.1, 0.15) is 4.88 Å². The highest BCUT2D eigenvalue weighted by atomic mass is 32.1. The number of hydrogen-bond acceptors (Lipinski definition) is 4. The van der Waals surface area contributed by atoms with Gasteiger partial charge in [-0.1, -0.05) is 44.7 Å². The van der Waals surface area contributed by atoms with Crippen LogP contribution in [0.1, 0.15) is 84.8 Å². The first-order valence-electron chi connectivity index (χ1n) is 11.7. The lowest BCUT2D eigenvalue weighted by molar-refractivity contribution is -0.117. The minimum Gasteiger partial charge on any atom is -0.465 e. The summed E-state index contributed by atoms with van der Waals surface area (Å²) in [5, 5.41) is 0. The van der Waals surface area contributed by atoms with E-state index >= 15 is 0 Å². The summed E-state index contributed by atoms with van der Waals surface area (Å²) in [6.07, 6.45) is 12.1. The van der Waals surface area contributed by atoms with Crippen LogP contribution in [-0.4, -0.2) is 25.0 Å². The van der Waals surface area contributed by atoms with Crippen LogP contribution in [0.4, 0.5) is 5.69 Å².